The minimum absolute atomic E-state index is 0.0250. The number of rotatable bonds is 11. The van der Waals surface area contributed by atoms with Crippen LogP contribution in [0.2, 0.25) is 0 Å². The van der Waals surface area contributed by atoms with Crippen molar-refractivity contribution in [2.75, 3.05) is 0 Å². The summed E-state index contributed by atoms with van der Waals surface area (Å²) in [6.07, 6.45) is 9.70. The van der Waals surface area contributed by atoms with Crippen molar-refractivity contribution in [1.82, 2.24) is 10.2 Å². The third-order valence-electron chi connectivity index (χ3n) is 5.38. The summed E-state index contributed by atoms with van der Waals surface area (Å²) in [5.41, 5.74) is 2.03. The fourth-order valence-corrected chi connectivity index (χ4v) is 3.84. The Labute approximate surface area is 154 Å². The Bertz CT molecular complexity index is 543. The first-order chi connectivity index (χ1) is 12.1. The summed E-state index contributed by atoms with van der Waals surface area (Å²) in [5.74, 6) is 0.192. The highest BCUT2D eigenvalue weighted by Crippen LogP contribution is 2.35. The second-order valence-electron chi connectivity index (χ2n) is 7.61. The zero-order valence-corrected chi connectivity index (χ0v) is 16.6. The second kappa shape index (κ2) is 9.96. The lowest BCUT2D eigenvalue weighted by Crippen LogP contribution is -2.45. The zero-order chi connectivity index (χ0) is 18.2. The quantitative estimate of drug-likeness (QED) is 0.525. The van der Waals surface area contributed by atoms with E-state index >= 15 is 0 Å². The number of hydrogen-bond donors (Lipinski definition) is 1. The average Bonchev–Trinajstić information content (AvgIpc) is 2.88. The van der Waals surface area contributed by atoms with Crippen molar-refractivity contribution < 1.29 is 4.79 Å². The van der Waals surface area contributed by atoms with Gasteiger partial charge in [0.15, 0.2) is 0 Å². The topological polar surface area (TPSA) is 32.3 Å². The highest BCUT2D eigenvalue weighted by molar-refractivity contribution is 5.99. The molecule has 0 radical (unpaired) electrons. The summed E-state index contributed by atoms with van der Waals surface area (Å²) in [7, 11) is 0. The molecule has 140 valence electrons. The molecule has 0 spiro atoms. The van der Waals surface area contributed by atoms with Crippen LogP contribution in [-0.2, 0) is 0 Å². The van der Waals surface area contributed by atoms with Crippen LogP contribution in [-0.4, -0.2) is 22.9 Å². The summed E-state index contributed by atoms with van der Waals surface area (Å²) in [6, 6.07) is 8.81. The number of nitrogens with zero attached hydrogens (tertiary/aromatic N) is 1. The van der Waals surface area contributed by atoms with Crippen molar-refractivity contribution in [3.8, 4) is 0 Å². The van der Waals surface area contributed by atoms with E-state index < -0.39 is 0 Å². The Morgan fingerprint density at radius 1 is 1.00 bits per heavy atom. The van der Waals surface area contributed by atoms with E-state index in [0.29, 0.717) is 6.04 Å². The summed E-state index contributed by atoms with van der Waals surface area (Å²) in [5, 5.41) is 3.75. The first-order valence-corrected chi connectivity index (χ1v) is 10.3. The summed E-state index contributed by atoms with van der Waals surface area (Å²) >= 11 is 0. The van der Waals surface area contributed by atoms with Gasteiger partial charge in [-0.15, -0.1) is 0 Å². The van der Waals surface area contributed by atoms with Gasteiger partial charge >= 0.3 is 0 Å². The molecule has 0 aromatic heterocycles. The Hall–Kier alpha value is -1.35. The van der Waals surface area contributed by atoms with Gasteiger partial charge in [0.2, 0.25) is 0 Å². The van der Waals surface area contributed by atoms with Gasteiger partial charge in [0.05, 0.1) is 0 Å². The van der Waals surface area contributed by atoms with Gasteiger partial charge < -0.3 is 4.90 Å². The van der Waals surface area contributed by atoms with E-state index in [-0.39, 0.29) is 18.1 Å². The SMILES string of the molecule is CCCCCC(C)NC1c2ccccc2C(=O)N1C(C)CCCCC. The van der Waals surface area contributed by atoms with Crippen molar-refractivity contribution in [2.24, 2.45) is 0 Å². The van der Waals surface area contributed by atoms with E-state index in [1.54, 1.807) is 0 Å². The molecule has 1 aliphatic rings. The van der Waals surface area contributed by atoms with Crippen molar-refractivity contribution in [2.45, 2.75) is 97.3 Å². The van der Waals surface area contributed by atoms with Gasteiger partial charge in [0, 0.05) is 23.2 Å². The van der Waals surface area contributed by atoms with Gasteiger partial charge in [0.25, 0.3) is 5.91 Å². The van der Waals surface area contributed by atoms with E-state index in [0.717, 1.165) is 17.5 Å². The first-order valence-electron chi connectivity index (χ1n) is 10.3. The largest absolute Gasteiger partial charge is 0.316 e. The molecule has 1 aromatic carbocycles. The van der Waals surface area contributed by atoms with Crippen molar-refractivity contribution in [3.05, 3.63) is 35.4 Å². The van der Waals surface area contributed by atoms with E-state index in [4.69, 9.17) is 0 Å². The van der Waals surface area contributed by atoms with E-state index in [1.165, 1.54) is 44.9 Å². The number of amides is 1. The normalized spacial score (nSPS) is 19.1. The highest BCUT2D eigenvalue weighted by Gasteiger charge is 2.39. The number of benzene rings is 1. The minimum atomic E-state index is 0.0250. The van der Waals surface area contributed by atoms with E-state index in [9.17, 15) is 4.79 Å². The number of nitrogens with one attached hydrogen (secondary N) is 1. The van der Waals surface area contributed by atoms with Crippen LogP contribution < -0.4 is 5.32 Å². The molecule has 1 amide bonds. The maximum absolute atomic E-state index is 13.0. The molecule has 3 heteroatoms. The number of unbranched alkanes of at least 4 members (excludes halogenated alkanes) is 4. The molecule has 3 nitrogen and oxygen atoms in total. The number of hydrogen-bond acceptors (Lipinski definition) is 2. The molecule has 3 atom stereocenters. The lowest BCUT2D eigenvalue weighted by molar-refractivity contribution is 0.0573. The lowest BCUT2D eigenvalue weighted by atomic mass is 10.1. The molecule has 1 heterocycles. The van der Waals surface area contributed by atoms with Crippen LogP contribution in [0.5, 0.6) is 0 Å². The Kier molecular flexibility index (Phi) is 7.95. The standard InChI is InChI=1S/C22H36N2O/c1-5-7-9-13-17(3)23-21-19-15-11-12-16-20(19)22(25)24(21)18(4)14-10-8-6-2/h11-12,15-18,21,23H,5-10,13-14H2,1-4H3. The van der Waals surface area contributed by atoms with Gasteiger partial charge in [-0.2, -0.15) is 0 Å². The fourth-order valence-electron chi connectivity index (χ4n) is 3.84. The maximum Gasteiger partial charge on any atom is 0.256 e. The van der Waals surface area contributed by atoms with Crippen LogP contribution >= 0.6 is 0 Å². The molecular formula is C22H36N2O. The number of carbonyl (C=O) groups is 1. The molecular weight excluding hydrogens is 308 g/mol. The van der Waals surface area contributed by atoms with E-state index in [1.807, 2.05) is 18.2 Å². The third kappa shape index (κ3) is 5.07. The van der Waals surface area contributed by atoms with Crippen LogP contribution in [0.15, 0.2) is 24.3 Å². The Morgan fingerprint density at radius 3 is 2.32 bits per heavy atom. The second-order valence-corrected chi connectivity index (χ2v) is 7.61. The van der Waals surface area contributed by atoms with Crippen LogP contribution in [0, 0.1) is 0 Å². The third-order valence-corrected chi connectivity index (χ3v) is 5.38. The predicted molar refractivity (Wildman–Crippen MR) is 106 cm³/mol. The molecule has 0 saturated heterocycles. The number of carbonyl (C=O) groups excluding carboxylic acids is 1. The van der Waals surface area contributed by atoms with Crippen LogP contribution in [0.4, 0.5) is 0 Å². The molecule has 0 saturated carbocycles. The van der Waals surface area contributed by atoms with Gasteiger partial charge in [-0.25, -0.2) is 0 Å². The molecule has 2 rings (SSSR count). The molecule has 0 aliphatic carbocycles. The zero-order valence-electron chi connectivity index (χ0n) is 16.6. The number of fused-ring (bicyclic) bond motifs is 1. The van der Waals surface area contributed by atoms with Crippen molar-refractivity contribution >= 4 is 5.91 Å². The average molecular weight is 345 g/mol. The van der Waals surface area contributed by atoms with Gasteiger partial charge in [0.1, 0.15) is 6.17 Å². The van der Waals surface area contributed by atoms with E-state index in [2.05, 4.69) is 44.0 Å². The highest BCUT2D eigenvalue weighted by atomic mass is 16.2. The predicted octanol–water partition coefficient (Wildman–Crippen LogP) is 5.67. The monoisotopic (exact) mass is 344 g/mol. The summed E-state index contributed by atoms with van der Waals surface area (Å²) in [6.45, 7) is 8.92. The first kappa shape index (κ1) is 20.0. The Balaban J connectivity index is 2.11. The van der Waals surface area contributed by atoms with Crippen LogP contribution in [0.1, 0.15) is 101 Å². The molecule has 0 bridgehead atoms. The molecule has 0 fully saturated rings. The molecule has 25 heavy (non-hydrogen) atoms. The molecule has 1 aliphatic heterocycles. The molecule has 3 unspecified atom stereocenters. The van der Waals surface area contributed by atoms with Crippen LogP contribution in [0.25, 0.3) is 0 Å². The molecule has 1 aromatic rings. The van der Waals surface area contributed by atoms with Gasteiger partial charge in [-0.05, 0) is 32.8 Å². The summed E-state index contributed by atoms with van der Waals surface area (Å²) in [4.78, 5) is 15.1. The van der Waals surface area contributed by atoms with Gasteiger partial charge in [-0.3, -0.25) is 10.1 Å². The van der Waals surface area contributed by atoms with Crippen molar-refractivity contribution in [3.63, 3.8) is 0 Å². The Morgan fingerprint density at radius 2 is 1.64 bits per heavy atom. The van der Waals surface area contributed by atoms with Crippen LogP contribution in [0.3, 0.4) is 0 Å². The van der Waals surface area contributed by atoms with Crippen molar-refractivity contribution in [1.29, 1.82) is 0 Å². The smallest absolute Gasteiger partial charge is 0.256 e. The summed E-state index contributed by atoms with van der Waals surface area (Å²) < 4.78 is 0. The van der Waals surface area contributed by atoms with Gasteiger partial charge in [-0.1, -0.05) is 70.6 Å². The minimum Gasteiger partial charge on any atom is -0.316 e. The maximum atomic E-state index is 13.0. The lowest BCUT2D eigenvalue weighted by Gasteiger charge is -2.34. The molecule has 1 N–H and O–H groups in total. The fraction of sp³-hybridized carbons (Fsp3) is 0.682.